The van der Waals surface area contributed by atoms with E-state index in [4.69, 9.17) is 9.47 Å². The molecule has 0 unspecified atom stereocenters. The number of likely N-dealkylation sites (N-methyl/N-ethyl adjacent to an activating group) is 1. The average molecular weight is 381 g/mol. The number of nitrogens with zero attached hydrogens (tertiary/aromatic N) is 5. The normalized spacial score (nSPS) is 11.6. The van der Waals surface area contributed by atoms with Crippen molar-refractivity contribution in [3.05, 3.63) is 41.9 Å². The van der Waals surface area contributed by atoms with Crippen LogP contribution in [0.15, 0.2) is 30.3 Å². The Hall–Kier alpha value is -3.04. The lowest BCUT2D eigenvalue weighted by Gasteiger charge is -2.20. The van der Waals surface area contributed by atoms with Crippen molar-refractivity contribution in [2.75, 3.05) is 32.2 Å². The highest BCUT2D eigenvalue weighted by molar-refractivity contribution is 5.47. The van der Waals surface area contributed by atoms with Crippen LogP contribution in [0.5, 0.6) is 11.5 Å². The number of hydrogen-bond acceptors (Lipinski definition) is 6. The van der Waals surface area contributed by atoms with Crippen molar-refractivity contribution in [1.82, 2.24) is 19.6 Å². The Bertz CT molecular complexity index is 942. The minimum absolute atomic E-state index is 0.102. The summed E-state index contributed by atoms with van der Waals surface area (Å²) in [6, 6.07) is 8.86. The smallest absolute Gasteiger partial charge is 0.453 e. The second-order valence-corrected chi connectivity index (χ2v) is 5.82. The van der Waals surface area contributed by atoms with E-state index in [2.05, 4.69) is 15.1 Å². The molecule has 27 heavy (non-hydrogen) atoms. The molecule has 1 aromatic carbocycles. The Kier molecular flexibility index (Phi) is 5.06. The Morgan fingerprint density at radius 3 is 2.52 bits per heavy atom. The lowest BCUT2D eigenvalue weighted by atomic mass is 10.3. The predicted molar refractivity (Wildman–Crippen MR) is 92.3 cm³/mol. The summed E-state index contributed by atoms with van der Waals surface area (Å²) >= 11 is 0. The maximum atomic E-state index is 12.9. The first-order valence-electron chi connectivity index (χ1n) is 8.08. The maximum Gasteiger partial charge on any atom is 0.453 e. The van der Waals surface area contributed by atoms with Crippen LogP contribution >= 0.6 is 0 Å². The van der Waals surface area contributed by atoms with Gasteiger partial charge in [0.15, 0.2) is 11.5 Å². The highest BCUT2D eigenvalue weighted by atomic mass is 19.4. The Balaban J connectivity index is 1.79. The van der Waals surface area contributed by atoms with E-state index in [-0.39, 0.29) is 5.78 Å². The number of para-hydroxylation sites is 2. The second-order valence-electron chi connectivity index (χ2n) is 5.82. The molecule has 144 valence electrons. The molecule has 0 spiro atoms. The average Bonchev–Trinajstić information content (AvgIpc) is 3.05. The largest absolute Gasteiger partial charge is 0.493 e. The molecule has 0 N–H and O–H groups in total. The number of aromatic nitrogens is 4. The third kappa shape index (κ3) is 4.04. The quantitative estimate of drug-likeness (QED) is 0.654. The molecule has 0 bridgehead atoms. The highest BCUT2D eigenvalue weighted by Gasteiger charge is 2.37. The summed E-state index contributed by atoms with van der Waals surface area (Å²) in [4.78, 5) is 9.23. The van der Waals surface area contributed by atoms with E-state index in [9.17, 15) is 13.2 Å². The number of hydrogen-bond donors (Lipinski definition) is 0. The van der Waals surface area contributed by atoms with Crippen molar-refractivity contribution >= 4 is 11.6 Å². The SMILES string of the molecule is COc1ccccc1OCCN(C)c1cc(C)nc2nc(C(F)(F)F)nn12. The van der Waals surface area contributed by atoms with E-state index in [0.29, 0.717) is 36.2 Å². The molecular formula is C17H18F3N5O2. The van der Waals surface area contributed by atoms with Gasteiger partial charge in [0.1, 0.15) is 12.4 Å². The molecule has 0 aliphatic heterocycles. The summed E-state index contributed by atoms with van der Waals surface area (Å²) in [5.74, 6) is 0.303. The van der Waals surface area contributed by atoms with Crippen LogP contribution in [-0.2, 0) is 6.18 Å². The first kappa shape index (κ1) is 18.7. The third-order valence-corrected chi connectivity index (χ3v) is 3.82. The molecule has 0 saturated carbocycles. The number of benzene rings is 1. The molecule has 10 heteroatoms. The first-order valence-corrected chi connectivity index (χ1v) is 8.08. The van der Waals surface area contributed by atoms with Crippen LogP contribution in [0.3, 0.4) is 0 Å². The minimum atomic E-state index is -4.63. The van der Waals surface area contributed by atoms with Gasteiger partial charge in [-0.05, 0) is 19.1 Å². The fourth-order valence-corrected chi connectivity index (χ4v) is 2.51. The molecule has 0 aliphatic carbocycles. The van der Waals surface area contributed by atoms with E-state index in [1.807, 2.05) is 12.1 Å². The summed E-state index contributed by atoms with van der Waals surface area (Å²) in [5.41, 5.74) is 0.538. The van der Waals surface area contributed by atoms with E-state index in [1.54, 1.807) is 44.2 Å². The van der Waals surface area contributed by atoms with Gasteiger partial charge in [-0.25, -0.2) is 4.98 Å². The molecule has 0 atom stereocenters. The Labute approximate surface area is 153 Å². The summed E-state index contributed by atoms with van der Waals surface area (Å²) in [6.45, 7) is 2.38. The van der Waals surface area contributed by atoms with Crippen LogP contribution in [0.4, 0.5) is 19.0 Å². The number of fused-ring (bicyclic) bond motifs is 1. The van der Waals surface area contributed by atoms with Gasteiger partial charge in [-0.2, -0.15) is 22.7 Å². The van der Waals surface area contributed by atoms with Crippen molar-refractivity contribution < 1.29 is 22.6 Å². The molecule has 0 saturated heterocycles. The summed E-state index contributed by atoms with van der Waals surface area (Å²) in [6.07, 6.45) is -4.63. The lowest BCUT2D eigenvalue weighted by molar-refractivity contribution is -0.144. The topological polar surface area (TPSA) is 64.8 Å². The lowest BCUT2D eigenvalue weighted by Crippen LogP contribution is -2.26. The van der Waals surface area contributed by atoms with Crippen LogP contribution in [0.25, 0.3) is 5.78 Å². The molecular weight excluding hydrogens is 363 g/mol. The van der Waals surface area contributed by atoms with Gasteiger partial charge in [0.25, 0.3) is 11.6 Å². The molecule has 2 aromatic heterocycles. The summed E-state index contributed by atoms with van der Waals surface area (Å²) < 4.78 is 50.7. The molecule has 0 radical (unpaired) electrons. The van der Waals surface area contributed by atoms with E-state index >= 15 is 0 Å². The Morgan fingerprint density at radius 2 is 1.85 bits per heavy atom. The molecule has 0 amide bonds. The predicted octanol–water partition coefficient (Wildman–Crippen LogP) is 2.98. The number of ether oxygens (including phenoxy) is 2. The van der Waals surface area contributed by atoms with Crippen LogP contribution < -0.4 is 14.4 Å². The van der Waals surface area contributed by atoms with Gasteiger partial charge in [-0.1, -0.05) is 12.1 Å². The number of aryl methyl sites for hydroxylation is 1. The van der Waals surface area contributed by atoms with Gasteiger partial charge < -0.3 is 14.4 Å². The molecule has 2 heterocycles. The van der Waals surface area contributed by atoms with Crippen LogP contribution in [0.2, 0.25) is 0 Å². The molecule has 0 aliphatic rings. The number of rotatable bonds is 6. The second kappa shape index (κ2) is 7.29. The fourth-order valence-electron chi connectivity index (χ4n) is 2.51. The zero-order chi connectivity index (χ0) is 19.6. The molecule has 3 aromatic rings. The maximum absolute atomic E-state index is 12.9. The van der Waals surface area contributed by atoms with E-state index in [1.165, 1.54) is 0 Å². The number of halogens is 3. The van der Waals surface area contributed by atoms with Crippen LogP contribution in [0.1, 0.15) is 11.5 Å². The summed E-state index contributed by atoms with van der Waals surface area (Å²) in [7, 11) is 3.28. The van der Waals surface area contributed by atoms with Crippen molar-refractivity contribution in [2.45, 2.75) is 13.1 Å². The zero-order valence-corrected chi connectivity index (χ0v) is 15.0. The van der Waals surface area contributed by atoms with Gasteiger partial charge in [-0.3, -0.25) is 0 Å². The molecule has 3 rings (SSSR count). The van der Waals surface area contributed by atoms with Crippen LogP contribution in [-0.4, -0.2) is 46.9 Å². The minimum Gasteiger partial charge on any atom is -0.493 e. The van der Waals surface area contributed by atoms with Gasteiger partial charge in [0.05, 0.1) is 13.7 Å². The van der Waals surface area contributed by atoms with Gasteiger partial charge in [0, 0.05) is 18.8 Å². The first-order chi connectivity index (χ1) is 12.8. The van der Waals surface area contributed by atoms with Crippen LogP contribution in [0, 0.1) is 6.92 Å². The number of methoxy groups -OCH3 is 1. The zero-order valence-electron chi connectivity index (χ0n) is 15.0. The van der Waals surface area contributed by atoms with Gasteiger partial charge >= 0.3 is 6.18 Å². The number of anilines is 1. The van der Waals surface area contributed by atoms with E-state index < -0.39 is 12.0 Å². The molecule has 7 nitrogen and oxygen atoms in total. The third-order valence-electron chi connectivity index (χ3n) is 3.82. The number of alkyl halides is 3. The van der Waals surface area contributed by atoms with Gasteiger partial charge in [0.2, 0.25) is 0 Å². The summed E-state index contributed by atoms with van der Waals surface area (Å²) in [5, 5.41) is 3.56. The van der Waals surface area contributed by atoms with Crippen molar-refractivity contribution in [2.24, 2.45) is 0 Å². The molecule has 0 fully saturated rings. The van der Waals surface area contributed by atoms with Crippen molar-refractivity contribution in [1.29, 1.82) is 0 Å². The highest BCUT2D eigenvalue weighted by Crippen LogP contribution is 2.28. The van der Waals surface area contributed by atoms with Crippen molar-refractivity contribution in [3.8, 4) is 11.5 Å². The van der Waals surface area contributed by atoms with Crippen molar-refractivity contribution in [3.63, 3.8) is 0 Å². The Morgan fingerprint density at radius 1 is 1.15 bits per heavy atom. The fraction of sp³-hybridized carbons (Fsp3) is 0.353. The van der Waals surface area contributed by atoms with E-state index in [0.717, 1.165) is 4.52 Å². The van der Waals surface area contributed by atoms with Gasteiger partial charge in [-0.15, -0.1) is 5.10 Å². The standard InChI is InChI=1S/C17H18F3N5O2/c1-11-10-14(25-16(21-11)22-15(23-25)17(18,19)20)24(2)8-9-27-13-7-5-4-6-12(13)26-3/h4-7,10H,8-9H2,1-3H3. The monoisotopic (exact) mass is 381 g/mol.